The Morgan fingerprint density at radius 3 is 2.25 bits per heavy atom. The molecule has 0 amide bonds. The third-order valence-corrected chi connectivity index (χ3v) is 1.93. The van der Waals surface area contributed by atoms with Gasteiger partial charge in [-0.2, -0.15) is 13.2 Å². The lowest BCUT2D eigenvalue weighted by Crippen LogP contribution is -2.37. The summed E-state index contributed by atoms with van der Waals surface area (Å²) in [6.45, 7) is 2.41. The van der Waals surface area contributed by atoms with E-state index in [4.69, 9.17) is 5.11 Å². The molecule has 1 aromatic carbocycles. The van der Waals surface area contributed by atoms with Gasteiger partial charge in [0.25, 0.3) is 0 Å². The van der Waals surface area contributed by atoms with Crippen LogP contribution in [0.3, 0.4) is 0 Å². The van der Waals surface area contributed by atoms with Crippen LogP contribution in [0.2, 0.25) is 0 Å². The number of alkyl halides is 3. The molecule has 1 N–H and O–H groups in total. The van der Waals surface area contributed by atoms with Gasteiger partial charge in [-0.05, 0) is 17.7 Å². The normalized spacial score (nSPS) is 13.2. The van der Waals surface area contributed by atoms with Gasteiger partial charge in [0.1, 0.15) is 5.75 Å². The summed E-state index contributed by atoms with van der Waals surface area (Å²) in [5.74, 6) is 0.0574. The van der Waals surface area contributed by atoms with Gasteiger partial charge in [0.15, 0.2) is 0 Å². The molecule has 0 radical (unpaired) electrons. The molecule has 0 aliphatic rings. The molecule has 0 aromatic heterocycles. The summed E-state index contributed by atoms with van der Waals surface area (Å²) >= 11 is 0. The number of aliphatic hydroxyl groups is 1. The van der Waals surface area contributed by atoms with Crippen LogP contribution in [0.4, 0.5) is 13.2 Å². The van der Waals surface area contributed by atoms with Gasteiger partial charge < -0.3 is 9.84 Å². The number of benzene rings is 1. The van der Waals surface area contributed by atoms with Crippen LogP contribution < -0.4 is 4.74 Å². The molecule has 1 atom stereocenters. The summed E-state index contributed by atoms with van der Waals surface area (Å²) in [5.41, 5.74) is 0.778. The Hall–Kier alpha value is -1.49. The number of hydrogen-bond donors (Lipinski definition) is 1. The van der Waals surface area contributed by atoms with Crippen molar-refractivity contribution in [1.82, 2.24) is 0 Å². The molecule has 0 aliphatic carbocycles. The fourth-order valence-corrected chi connectivity index (χ4v) is 1.05. The second-order valence-corrected chi connectivity index (χ2v) is 3.10. The van der Waals surface area contributed by atoms with Gasteiger partial charge in [-0.3, -0.25) is 0 Å². The molecule has 2 nitrogen and oxygen atoms in total. The Bertz CT molecular complexity index is 343. The average molecular weight is 232 g/mol. The van der Waals surface area contributed by atoms with Crippen molar-refractivity contribution >= 4 is 6.08 Å². The first kappa shape index (κ1) is 12.6. The standard InChI is InChI=1S/C11H11F3O2/c1-2-8-3-5-9(6-4-8)16-10(7-15)11(12,13)14/h2-6,10,15H,1,7H2. The highest BCUT2D eigenvalue weighted by Crippen LogP contribution is 2.25. The Morgan fingerprint density at radius 2 is 1.88 bits per heavy atom. The van der Waals surface area contributed by atoms with Crippen LogP contribution in [0.1, 0.15) is 5.56 Å². The third kappa shape index (κ3) is 3.27. The predicted molar refractivity (Wildman–Crippen MR) is 54.1 cm³/mol. The number of hydrogen-bond acceptors (Lipinski definition) is 2. The summed E-state index contributed by atoms with van der Waals surface area (Å²) < 4.78 is 41.4. The van der Waals surface area contributed by atoms with Crippen molar-refractivity contribution in [3.8, 4) is 5.75 Å². The van der Waals surface area contributed by atoms with E-state index in [9.17, 15) is 13.2 Å². The second kappa shape index (κ2) is 5.03. The van der Waals surface area contributed by atoms with Crippen LogP contribution >= 0.6 is 0 Å². The van der Waals surface area contributed by atoms with E-state index in [1.54, 1.807) is 18.2 Å². The lowest BCUT2D eigenvalue weighted by molar-refractivity contribution is -0.204. The van der Waals surface area contributed by atoms with E-state index in [1.165, 1.54) is 12.1 Å². The highest BCUT2D eigenvalue weighted by molar-refractivity contribution is 5.48. The molecule has 88 valence electrons. The maximum absolute atomic E-state index is 12.3. The lowest BCUT2D eigenvalue weighted by atomic mass is 10.2. The smallest absolute Gasteiger partial charge is 0.427 e. The van der Waals surface area contributed by atoms with Crippen LogP contribution in [0, 0.1) is 0 Å². The number of aliphatic hydroxyl groups excluding tert-OH is 1. The van der Waals surface area contributed by atoms with E-state index in [1.807, 2.05) is 0 Å². The Kier molecular flexibility index (Phi) is 3.95. The zero-order valence-corrected chi connectivity index (χ0v) is 8.37. The van der Waals surface area contributed by atoms with Gasteiger partial charge in [-0.1, -0.05) is 24.8 Å². The molecule has 1 aromatic rings. The van der Waals surface area contributed by atoms with E-state index in [-0.39, 0.29) is 5.75 Å². The first-order chi connectivity index (χ1) is 7.47. The molecule has 0 bridgehead atoms. The number of ether oxygens (including phenoxy) is 1. The van der Waals surface area contributed by atoms with E-state index < -0.39 is 18.9 Å². The fraction of sp³-hybridized carbons (Fsp3) is 0.273. The molecule has 0 spiro atoms. The largest absolute Gasteiger partial charge is 0.478 e. The van der Waals surface area contributed by atoms with Gasteiger partial charge >= 0.3 is 6.18 Å². The molecule has 0 saturated heterocycles. The Morgan fingerprint density at radius 1 is 1.31 bits per heavy atom. The first-order valence-electron chi connectivity index (χ1n) is 4.54. The summed E-state index contributed by atoms with van der Waals surface area (Å²) in [4.78, 5) is 0. The monoisotopic (exact) mass is 232 g/mol. The van der Waals surface area contributed by atoms with E-state index in [2.05, 4.69) is 11.3 Å². The molecular formula is C11H11F3O2. The van der Waals surface area contributed by atoms with E-state index in [0.717, 1.165) is 5.56 Å². The maximum atomic E-state index is 12.3. The van der Waals surface area contributed by atoms with Crippen molar-refractivity contribution in [2.45, 2.75) is 12.3 Å². The third-order valence-electron chi connectivity index (χ3n) is 1.93. The minimum absolute atomic E-state index is 0.0574. The van der Waals surface area contributed by atoms with E-state index in [0.29, 0.717) is 0 Å². The van der Waals surface area contributed by atoms with Crippen molar-refractivity contribution in [1.29, 1.82) is 0 Å². The molecule has 1 rings (SSSR count). The van der Waals surface area contributed by atoms with Crippen LogP contribution in [-0.4, -0.2) is 24.0 Å². The molecule has 5 heteroatoms. The summed E-state index contributed by atoms with van der Waals surface area (Å²) in [5, 5.41) is 8.56. The van der Waals surface area contributed by atoms with Crippen LogP contribution in [0.5, 0.6) is 5.75 Å². The fourth-order valence-electron chi connectivity index (χ4n) is 1.05. The number of halogens is 3. The summed E-state index contributed by atoms with van der Waals surface area (Å²) in [7, 11) is 0. The second-order valence-electron chi connectivity index (χ2n) is 3.10. The minimum atomic E-state index is -4.58. The van der Waals surface area contributed by atoms with Crippen LogP contribution in [0.25, 0.3) is 6.08 Å². The minimum Gasteiger partial charge on any atom is -0.478 e. The van der Waals surface area contributed by atoms with Crippen molar-refractivity contribution in [2.24, 2.45) is 0 Å². The van der Waals surface area contributed by atoms with Crippen LogP contribution in [0.15, 0.2) is 30.8 Å². The summed E-state index contributed by atoms with van der Waals surface area (Å²) in [6, 6.07) is 5.94. The average Bonchev–Trinajstić information content (AvgIpc) is 2.25. The SMILES string of the molecule is C=Cc1ccc(OC(CO)C(F)(F)F)cc1. The summed E-state index contributed by atoms with van der Waals surface area (Å²) in [6.07, 6.45) is -5.20. The van der Waals surface area contributed by atoms with Crippen molar-refractivity contribution in [3.05, 3.63) is 36.4 Å². The van der Waals surface area contributed by atoms with Crippen molar-refractivity contribution in [3.63, 3.8) is 0 Å². The topological polar surface area (TPSA) is 29.5 Å². The quantitative estimate of drug-likeness (QED) is 0.864. The van der Waals surface area contributed by atoms with E-state index >= 15 is 0 Å². The highest BCUT2D eigenvalue weighted by atomic mass is 19.4. The Labute approximate surface area is 91.0 Å². The maximum Gasteiger partial charge on any atom is 0.427 e. The Balaban J connectivity index is 2.74. The first-order valence-corrected chi connectivity index (χ1v) is 4.54. The molecule has 1 unspecified atom stereocenters. The molecule has 16 heavy (non-hydrogen) atoms. The lowest BCUT2D eigenvalue weighted by Gasteiger charge is -2.19. The zero-order valence-electron chi connectivity index (χ0n) is 8.37. The van der Waals surface area contributed by atoms with Crippen molar-refractivity contribution in [2.75, 3.05) is 6.61 Å². The van der Waals surface area contributed by atoms with Crippen LogP contribution in [-0.2, 0) is 0 Å². The zero-order chi connectivity index (χ0) is 12.2. The van der Waals surface area contributed by atoms with Crippen molar-refractivity contribution < 1.29 is 23.0 Å². The van der Waals surface area contributed by atoms with Gasteiger partial charge in [-0.25, -0.2) is 0 Å². The van der Waals surface area contributed by atoms with Gasteiger partial charge in [0, 0.05) is 0 Å². The molecule has 0 saturated carbocycles. The molecule has 0 heterocycles. The van der Waals surface area contributed by atoms with Gasteiger partial charge in [-0.15, -0.1) is 0 Å². The molecule has 0 aliphatic heterocycles. The number of rotatable bonds is 4. The molecular weight excluding hydrogens is 221 g/mol. The molecule has 0 fully saturated rings. The van der Waals surface area contributed by atoms with Gasteiger partial charge in [0.05, 0.1) is 6.61 Å². The predicted octanol–water partition coefficient (Wildman–Crippen LogP) is 2.63. The van der Waals surface area contributed by atoms with Gasteiger partial charge in [0.2, 0.25) is 6.10 Å². The highest BCUT2D eigenvalue weighted by Gasteiger charge is 2.41.